The maximum atomic E-state index is 12.1. The zero-order valence-electron chi connectivity index (χ0n) is 15.5. The molecule has 0 radical (unpaired) electrons. The van der Waals surface area contributed by atoms with E-state index in [0.29, 0.717) is 24.6 Å². The van der Waals surface area contributed by atoms with Gasteiger partial charge >= 0.3 is 6.09 Å². The quantitative estimate of drug-likeness (QED) is 0.690. The number of benzene rings is 1. The standard InChI is InChI=1S/C18H27ClN2O4/c1-18(2,3)25-17(23)21(5)13-16(22)20(4)11-6-12-24-15-9-7-14(19)8-10-15/h7-10H,6,11-13H2,1-5H3. The van der Waals surface area contributed by atoms with E-state index in [1.54, 1.807) is 64.0 Å². The first kappa shape index (κ1) is 21.1. The summed E-state index contributed by atoms with van der Waals surface area (Å²) in [6.45, 7) is 6.35. The lowest BCUT2D eigenvalue weighted by atomic mass is 10.2. The van der Waals surface area contributed by atoms with Crippen molar-refractivity contribution in [2.75, 3.05) is 33.8 Å². The third kappa shape index (κ3) is 8.63. The molecule has 0 N–H and O–H groups in total. The van der Waals surface area contributed by atoms with Crippen LogP contribution in [0.3, 0.4) is 0 Å². The van der Waals surface area contributed by atoms with Crippen molar-refractivity contribution < 1.29 is 19.1 Å². The number of hydrogen-bond acceptors (Lipinski definition) is 4. The van der Waals surface area contributed by atoms with Crippen molar-refractivity contribution in [3.8, 4) is 5.75 Å². The van der Waals surface area contributed by atoms with Crippen molar-refractivity contribution in [1.82, 2.24) is 9.80 Å². The lowest BCUT2D eigenvalue weighted by Gasteiger charge is -2.26. The number of ether oxygens (including phenoxy) is 2. The van der Waals surface area contributed by atoms with Crippen molar-refractivity contribution in [3.05, 3.63) is 29.3 Å². The van der Waals surface area contributed by atoms with Gasteiger partial charge in [0.15, 0.2) is 0 Å². The summed E-state index contributed by atoms with van der Waals surface area (Å²) >= 11 is 5.81. The predicted molar refractivity (Wildman–Crippen MR) is 98.1 cm³/mol. The second-order valence-electron chi connectivity index (χ2n) is 6.81. The highest BCUT2D eigenvalue weighted by molar-refractivity contribution is 6.30. The first-order valence-corrected chi connectivity index (χ1v) is 8.53. The van der Waals surface area contributed by atoms with Crippen LogP contribution in [0.2, 0.25) is 5.02 Å². The third-order valence-corrected chi connectivity index (χ3v) is 3.48. The molecule has 7 heteroatoms. The number of rotatable bonds is 7. The number of halogens is 1. The molecule has 1 aromatic carbocycles. The van der Waals surface area contributed by atoms with Gasteiger partial charge in [-0.1, -0.05) is 11.6 Å². The molecule has 0 aliphatic heterocycles. The Morgan fingerprint density at radius 3 is 2.24 bits per heavy atom. The van der Waals surface area contributed by atoms with Crippen LogP contribution in [0.15, 0.2) is 24.3 Å². The van der Waals surface area contributed by atoms with E-state index in [4.69, 9.17) is 21.1 Å². The van der Waals surface area contributed by atoms with Gasteiger partial charge in [0.25, 0.3) is 0 Å². The van der Waals surface area contributed by atoms with E-state index < -0.39 is 11.7 Å². The highest BCUT2D eigenvalue weighted by Gasteiger charge is 2.22. The van der Waals surface area contributed by atoms with Crippen LogP contribution in [0.5, 0.6) is 5.75 Å². The van der Waals surface area contributed by atoms with Gasteiger partial charge in [-0.15, -0.1) is 0 Å². The van der Waals surface area contributed by atoms with Gasteiger partial charge in [0, 0.05) is 25.7 Å². The minimum absolute atomic E-state index is 0.0244. The third-order valence-electron chi connectivity index (χ3n) is 3.22. The Hall–Kier alpha value is -1.95. The molecule has 0 bridgehead atoms. The van der Waals surface area contributed by atoms with Crippen LogP contribution in [-0.2, 0) is 9.53 Å². The summed E-state index contributed by atoms with van der Waals surface area (Å²) in [7, 11) is 3.25. The SMILES string of the molecule is CN(CCCOc1ccc(Cl)cc1)C(=O)CN(C)C(=O)OC(C)(C)C. The highest BCUT2D eigenvalue weighted by Crippen LogP contribution is 2.15. The monoisotopic (exact) mass is 370 g/mol. The fraction of sp³-hybridized carbons (Fsp3) is 0.556. The molecule has 0 saturated carbocycles. The van der Waals surface area contributed by atoms with Gasteiger partial charge in [-0.05, 0) is 51.5 Å². The van der Waals surface area contributed by atoms with Crippen LogP contribution in [0.4, 0.5) is 4.79 Å². The Balaban J connectivity index is 2.29. The molecular formula is C18H27ClN2O4. The number of nitrogens with zero attached hydrogens (tertiary/aromatic N) is 2. The second-order valence-corrected chi connectivity index (χ2v) is 7.24. The average molecular weight is 371 g/mol. The molecule has 0 spiro atoms. The highest BCUT2D eigenvalue weighted by atomic mass is 35.5. The van der Waals surface area contributed by atoms with E-state index in [1.165, 1.54) is 4.90 Å². The summed E-state index contributed by atoms with van der Waals surface area (Å²) in [5.74, 6) is 0.586. The molecule has 1 aromatic rings. The van der Waals surface area contributed by atoms with Gasteiger partial charge in [0.2, 0.25) is 5.91 Å². The largest absolute Gasteiger partial charge is 0.494 e. The molecule has 6 nitrogen and oxygen atoms in total. The van der Waals surface area contributed by atoms with E-state index in [9.17, 15) is 9.59 Å². The Morgan fingerprint density at radius 1 is 1.08 bits per heavy atom. The van der Waals surface area contributed by atoms with Crippen LogP contribution in [-0.4, -0.2) is 61.2 Å². The van der Waals surface area contributed by atoms with Crippen LogP contribution < -0.4 is 4.74 Å². The molecule has 0 saturated heterocycles. The van der Waals surface area contributed by atoms with Crippen molar-refractivity contribution in [2.24, 2.45) is 0 Å². The van der Waals surface area contributed by atoms with Crippen LogP contribution in [0, 0.1) is 0 Å². The van der Waals surface area contributed by atoms with Gasteiger partial charge in [-0.25, -0.2) is 4.79 Å². The Bertz CT molecular complexity index is 569. The minimum atomic E-state index is -0.584. The maximum Gasteiger partial charge on any atom is 0.410 e. The van der Waals surface area contributed by atoms with Crippen molar-refractivity contribution in [2.45, 2.75) is 32.8 Å². The second kappa shape index (κ2) is 9.51. The molecule has 0 heterocycles. The first-order chi connectivity index (χ1) is 11.6. The fourth-order valence-electron chi connectivity index (χ4n) is 1.88. The molecule has 0 atom stereocenters. The Morgan fingerprint density at radius 2 is 1.68 bits per heavy atom. The van der Waals surface area contributed by atoms with E-state index in [2.05, 4.69) is 0 Å². The predicted octanol–water partition coefficient (Wildman–Crippen LogP) is 3.43. The molecule has 25 heavy (non-hydrogen) atoms. The Labute approximate surface area is 154 Å². The Kier molecular flexibility index (Phi) is 8.03. The van der Waals surface area contributed by atoms with Gasteiger partial charge in [0.05, 0.1) is 6.61 Å². The lowest BCUT2D eigenvalue weighted by Crippen LogP contribution is -2.42. The van der Waals surface area contributed by atoms with Gasteiger partial charge in [-0.2, -0.15) is 0 Å². The molecule has 0 aliphatic carbocycles. The van der Waals surface area contributed by atoms with Crippen LogP contribution in [0.1, 0.15) is 27.2 Å². The lowest BCUT2D eigenvalue weighted by molar-refractivity contribution is -0.130. The molecule has 1 rings (SSSR count). The molecule has 0 unspecified atom stereocenters. The molecular weight excluding hydrogens is 344 g/mol. The maximum absolute atomic E-state index is 12.1. The van der Waals surface area contributed by atoms with E-state index >= 15 is 0 Å². The minimum Gasteiger partial charge on any atom is -0.494 e. The zero-order valence-corrected chi connectivity index (χ0v) is 16.3. The zero-order chi connectivity index (χ0) is 19.0. The topological polar surface area (TPSA) is 59.1 Å². The summed E-state index contributed by atoms with van der Waals surface area (Å²) in [5, 5.41) is 0.659. The number of likely N-dealkylation sites (N-methyl/N-ethyl adjacent to an activating group) is 2. The van der Waals surface area contributed by atoms with E-state index in [1.807, 2.05) is 0 Å². The molecule has 140 valence electrons. The number of amides is 2. The van der Waals surface area contributed by atoms with Crippen molar-refractivity contribution in [1.29, 1.82) is 0 Å². The van der Waals surface area contributed by atoms with E-state index in [-0.39, 0.29) is 12.5 Å². The average Bonchev–Trinajstić information content (AvgIpc) is 2.51. The summed E-state index contributed by atoms with van der Waals surface area (Å²) in [5.41, 5.74) is -0.584. The summed E-state index contributed by atoms with van der Waals surface area (Å²) in [6, 6.07) is 7.12. The van der Waals surface area contributed by atoms with Gasteiger partial charge < -0.3 is 19.3 Å². The normalized spacial score (nSPS) is 11.0. The number of carbonyl (C=O) groups is 2. The molecule has 0 fully saturated rings. The number of carbonyl (C=O) groups excluding carboxylic acids is 2. The first-order valence-electron chi connectivity index (χ1n) is 8.15. The van der Waals surface area contributed by atoms with Crippen molar-refractivity contribution in [3.63, 3.8) is 0 Å². The molecule has 0 aromatic heterocycles. The fourth-order valence-corrected chi connectivity index (χ4v) is 2.00. The van der Waals surface area contributed by atoms with Gasteiger partial charge in [0.1, 0.15) is 17.9 Å². The van der Waals surface area contributed by atoms with E-state index in [0.717, 1.165) is 5.75 Å². The molecule has 2 amide bonds. The van der Waals surface area contributed by atoms with Gasteiger partial charge in [-0.3, -0.25) is 4.79 Å². The van der Waals surface area contributed by atoms with Crippen LogP contribution >= 0.6 is 11.6 Å². The van der Waals surface area contributed by atoms with Crippen LogP contribution in [0.25, 0.3) is 0 Å². The smallest absolute Gasteiger partial charge is 0.410 e. The van der Waals surface area contributed by atoms with Crippen molar-refractivity contribution >= 4 is 23.6 Å². The summed E-state index contributed by atoms with van der Waals surface area (Å²) in [4.78, 5) is 26.9. The molecule has 0 aliphatic rings. The summed E-state index contributed by atoms with van der Waals surface area (Å²) in [6.07, 6.45) is 0.168. The summed E-state index contributed by atoms with van der Waals surface area (Å²) < 4.78 is 10.8. The number of hydrogen-bond donors (Lipinski definition) is 0.